The number of benzene rings is 1. The van der Waals surface area contributed by atoms with Gasteiger partial charge in [0.1, 0.15) is 5.75 Å². The third kappa shape index (κ3) is 3.43. The van der Waals surface area contributed by atoms with Crippen molar-refractivity contribution >= 4 is 28.8 Å². The number of anilines is 1. The summed E-state index contributed by atoms with van der Waals surface area (Å²) in [5.41, 5.74) is 1.32. The number of thiazole rings is 1. The van der Waals surface area contributed by atoms with E-state index in [9.17, 15) is 9.59 Å². The van der Waals surface area contributed by atoms with Crippen molar-refractivity contribution in [3.8, 4) is 16.5 Å². The first-order chi connectivity index (χ1) is 13.2. The van der Waals surface area contributed by atoms with Gasteiger partial charge in [-0.1, -0.05) is 12.1 Å². The van der Waals surface area contributed by atoms with Crippen molar-refractivity contribution < 1.29 is 18.7 Å². The molecular formula is C19H17N3O4S. The van der Waals surface area contributed by atoms with Gasteiger partial charge in [0.25, 0.3) is 5.91 Å². The molecule has 0 spiro atoms. The van der Waals surface area contributed by atoms with E-state index in [1.54, 1.807) is 30.3 Å². The molecule has 0 saturated heterocycles. The number of hydrogen-bond donors (Lipinski definition) is 1. The van der Waals surface area contributed by atoms with Crippen LogP contribution in [0, 0.1) is 0 Å². The van der Waals surface area contributed by atoms with Gasteiger partial charge in [0.15, 0.2) is 16.9 Å². The lowest BCUT2D eigenvalue weighted by Gasteiger charge is -2.34. The first-order valence-electron chi connectivity index (χ1n) is 8.41. The SMILES string of the molecule is CNC(=O)C1CN(C(=O)Cc2csc(-c3ccco3)n2)c2ccccc2O1. The summed E-state index contributed by atoms with van der Waals surface area (Å²) in [6.07, 6.45) is 0.972. The molecule has 2 amide bonds. The van der Waals surface area contributed by atoms with E-state index in [-0.39, 0.29) is 24.8 Å². The maximum Gasteiger partial charge on any atom is 0.262 e. The Morgan fingerprint density at radius 2 is 2.15 bits per heavy atom. The summed E-state index contributed by atoms with van der Waals surface area (Å²) in [7, 11) is 1.55. The van der Waals surface area contributed by atoms with Crippen molar-refractivity contribution in [2.75, 3.05) is 18.5 Å². The van der Waals surface area contributed by atoms with Crippen molar-refractivity contribution in [1.29, 1.82) is 0 Å². The van der Waals surface area contributed by atoms with Crippen LogP contribution in [0.2, 0.25) is 0 Å². The summed E-state index contributed by atoms with van der Waals surface area (Å²) < 4.78 is 11.1. The van der Waals surface area contributed by atoms with Crippen LogP contribution in [-0.2, 0) is 16.0 Å². The van der Waals surface area contributed by atoms with Crippen LogP contribution in [-0.4, -0.2) is 36.5 Å². The highest BCUT2D eigenvalue weighted by Crippen LogP contribution is 2.34. The fourth-order valence-electron chi connectivity index (χ4n) is 2.92. The Labute approximate surface area is 159 Å². The Morgan fingerprint density at radius 3 is 2.93 bits per heavy atom. The van der Waals surface area contributed by atoms with Gasteiger partial charge in [0, 0.05) is 12.4 Å². The minimum Gasteiger partial charge on any atom is -0.477 e. The zero-order valence-corrected chi connectivity index (χ0v) is 15.4. The number of nitrogens with zero attached hydrogens (tertiary/aromatic N) is 2. The Balaban J connectivity index is 1.56. The van der Waals surface area contributed by atoms with Crippen LogP contribution in [0.5, 0.6) is 5.75 Å². The number of hydrogen-bond acceptors (Lipinski definition) is 6. The summed E-state index contributed by atoms with van der Waals surface area (Å²) >= 11 is 1.43. The molecule has 1 aliphatic heterocycles. The predicted molar refractivity (Wildman–Crippen MR) is 101 cm³/mol. The number of fused-ring (bicyclic) bond motifs is 1. The number of amides is 2. The van der Waals surface area contributed by atoms with Gasteiger partial charge in [-0.25, -0.2) is 4.98 Å². The molecule has 3 aromatic rings. The normalized spacial score (nSPS) is 15.7. The molecule has 3 heterocycles. The predicted octanol–water partition coefficient (Wildman–Crippen LogP) is 2.49. The Bertz CT molecular complexity index is 967. The zero-order chi connectivity index (χ0) is 18.8. The van der Waals surface area contributed by atoms with Crippen molar-refractivity contribution in [3.05, 3.63) is 53.7 Å². The lowest BCUT2D eigenvalue weighted by atomic mass is 10.1. The van der Waals surface area contributed by atoms with E-state index < -0.39 is 6.10 Å². The molecule has 1 N–H and O–H groups in total. The number of rotatable bonds is 4. The number of furan rings is 1. The highest BCUT2D eigenvalue weighted by atomic mass is 32.1. The topological polar surface area (TPSA) is 84.7 Å². The Kier molecular flexibility index (Phi) is 4.64. The second-order valence-electron chi connectivity index (χ2n) is 5.99. The van der Waals surface area contributed by atoms with Crippen LogP contribution in [0.4, 0.5) is 5.69 Å². The number of nitrogens with one attached hydrogen (secondary N) is 1. The Hall–Kier alpha value is -3.13. The molecule has 2 aromatic heterocycles. The third-order valence-corrected chi connectivity index (χ3v) is 5.14. The first kappa shape index (κ1) is 17.3. The molecule has 0 saturated carbocycles. The molecule has 7 nitrogen and oxygen atoms in total. The van der Waals surface area contributed by atoms with E-state index in [1.165, 1.54) is 11.3 Å². The van der Waals surface area contributed by atoms with Crippen molar-refractivity contribution in [3.63, 3.8) is 0 Å². The summed E-state index contributed by atoms with van der Waals surface area (Å²) in [5.74, 6) is 0.780. The molecule has 1 atom stereocenters. The van der Waals surface area contributed by atoms with Gasteiger partial charge in [-0.05, 0) is 24.3 Å². The Morgan fingerprint density at radius 1 is 1.30 bits per heavy atom. The van der Waals surface area contributed by atoms with Gasteiger partial charge in [-0.3, -0.25) is 9.59 Å². The standard InChI is InChI=1S/C19H17N3O4S/c1-20-18(24)16-10-22(13-5-2-3-6-14(13)26-16)17(23)9-12-11-27-19(21-12)15-7-4-8-25-15/h2-8,11,16H,9-10H2,1H3,(H,20,24). The van der Waals surface area contributed by atoms with Gasteiger partial charge >= 0.3 is 0 Å². The van der Waals surface area contributed by atoms with E-state index in [0.29, 0.717) is 22.9 Å². The maximum atomic E-state index is 13.0. The van der Waals surface area contributed by atoms with E-state index in [2.05, 4.69) is 10.3 Å². The molecule has 1 aliphatic rings. The third-order valence-electron chi connectivity index (χ3n) is 4.23. The van der Waals surface area contributed by atoms with Gasteiger partial charge in [-0.2, -0.15) is 0 Å². The minimum absolute atomic E-state index is 0.131. The number of likely N-dealkylation sites (N-methyl/N-ethyl adjacent to an activating group) is 1. The first-order valence-corrected chi connectivity index (χ1v) is 9.29. The van der Waals surface area contributed by atoms with Crippen LogP contribution >= 0.6 is 11.3 Å². The van der Waals surface area contributed by atoms with Gasteiger partial charge in [0.2, 0.25) is 5.91 Å². The minimum atomic E-state index is -0.747. The fourth-order valence-corrected chi connectivity index (χ4v) is 3.71. The largest absolute Gasteiger partial charge is 0.477 e. The lowest BCUT2D eigenvalue weighted by Crippen LogP contribution is -2.50. The highest BCUT2D eigenvalue weighted by molar-refractivity contribution is 7.13. The molecule has 138 valence electrons. The molecule has 0 fully saturated rings. The molecule has 8 heteroatoms. The average Bonchev–Trinajstić information content (AvgIpc) is 3.38. The van der Waals surface area contributed by atoms with Gasteiger partial charge in [0.05, 0.1) is 30.6 Å². The number of carbonyl (C=O) groups excluding carboxylic acids is 2. The smallest absolute Gasteiger partial charge is 0.262 e. The average molecular weight is 383 g/mol. The second-order valence-corrected chi connectivity index (χ2v) is 6.85. The van der Waals surface area contributed by atoms with Crippen molar-refractivity contribution in [2.45, 2.75) is 12.5 Å². The quantitative estimate of drug-likeness (QED) is 0.748. The molecule has 4 rings (SSSR count). The summed E-state index contributed by atoms with van der Waals surface area (Å²) in [6.45, 7) is 0.157. The van der Waals surface area contributed by atoms with E-state index in [1.807, 2.05) is 29.6 Å². The zero-order valence-electron chi connectivity index (χ0n) is 14.5. The van der Waals surface area contributed by atoms with Gasteiger partial charge in [-0.15, -0.1) is 11.3 Å². The number of ether oxygens (including phenoxy) is 1. The van der Waals surface area contributed by atoms with E-state index in [4.69, 9.17) is 9.15 Å². The molecular weight excluding hydrogens is 366 g/mol. The molecule has 1 unspecified atom stereocenters. The van der Waals surface area contributed by atoms with E-state index >= 15 is 0 Å². The van der Waals surface area contributed by atoms with Crippen LogP contribution in [0.15, 0.2) is 52.5 Å². The molecule has 0 aliphatic carbocycles. The lowest BCUT2D eigenvalue weighted by molar-refractivity contribution is -0.127. The monoisotopic (exact) mass is 383 g/mol. The summed E-state index contributed by atoms with van der Waals surface area (Å²) in [4.78, 5) is 31.1. The molecule has 27 heavy (non-hydrogen) atoms. The number of para-hydroxylation sites is 2. The fraction of sp³-hybridized carbons (Fsp3) is 0.211. The number of carbonyl (C=O) groups is 2. The van der Waals surface area contributed by atoms with Crippen LogP contribution in [0.1, 0.15) is 5.69 Å². The van der Waals surface area contributed by atoms with Crippen LogP contribution in [0.3, 0.4) is 0 Å². The second kappa shape index (κ2) is 7.24. The summed E-state index contributed by atoms with van der Waals surface area (Å²) in [5, 5.41) is 5.15. The van der Waals surface area contributed by atoms with Crippen LogP contribution < -0.4 is 15.0 Å². The highest BCUT2D eigenvalue weighted by Gasteiger charge is 2.33. The van der Waals surface area contributed by atoms with Crippen LogP contribution in [0.25, 0.3) is 10.8 Å². The molecule has 0 bridgehead atoms. The van der Waals surface area contributed by atoms with E-state index in [0.717, 1.165) is 5.01 Å². The molecule has 1 aromatic carbocycles. The maximum absolute atomic E-state index is 13.0. The molecule has 0 radical (unpaired) electrons. The van der Waals surface area contributed by atoms with Gasteiger partial charge < -0.3 is 19.4 Å². The summed E-state index contributed by atoms with van der Waals surface area (Å²) in [6, 6.07) is 10.8. The number of aromatic nitrogens is 1. The van der Waals surface area contributed by atoms with Crippen molar-refractivity contribution in [2.24, 2.45) is 0 Å². The van der Waals surface area contributed by atoms with Crippen molar-refractivity contribution in [1.82, 2.24) is 10.3 Å².